The van der Waals surface area contributed by atoms with Crippen molar-refractivity contribution in [3.05, 3.63) is 52.0 Å². The monoisotopic (exact) mass is 293 g/mol. The van der Waals surface area contributed by atoms with Crippen molar-refractivity contribution in [2.75, 3.05) is 6.54 Å². The molecule has 0 bridgehead atoms. The molecular formula is C13H16BrN3. The zero-order valence-corrected chi connectivity index (χ0v) is 11.4. The Labute approximate surface area is 110 Å². The molecule has 2 rings (SSSR count). The topological polar surface area (TPSA) is 43.8 Å². The van der Waals surface area contributed by atoms with E-state index >= 15 is 0 Å². The third-order valence-corrected chi connectivity index (χ3v) is 3.39. The van der Waals surface area contributed by atoms with Crippen LogP contribution in [-0.4, -0.2) is 16.1 Å². The van der Waals surface area contributed by atoms with Gasteiger partial charge < -0.3 is 10.3 Å². The minimum absolute atomic E-state index is 0.664. The number of halogens is 1. The molecule has 1 aromatic carbocycles. The van der Waals surface area contributed by atoms with Crippen molar-refractivity contribution in [3.63, 3.8) is 0 Å². The molecule has 17 heavy (non-hydrogen) atoms. The van der Waals surface area contributed by atoms with Gasteiger partial charge >= 0.3 is 0 Å². The fourth-order valence-electron chi connectivity index (χ4n) is 1.82. The number of rotatable bonds is 4. The van der Waals surface area contributed by atoms with Crippen molar-refractivity contribution in [3.8, 4) is 0 Å². The second kappa shape index (κ2) is 5.47. The molecule has 90 valence electrons. The van der Waals surface area contributed by atoms with Crippen LogP contribution in [0, 0.1) is 0 Å². The van der Waals surface area contributed by atoms with Gasteiger partial charge in [0.15, 0.2) is 0 Å². The lowest BCUT2D eigenvalue weighted by Gasteiger charge is -2.05. The zero-order valence-electron chi connectivity index (χ0n) is 9.86. The lowest BCUT2D eigenvalue weighted by Crippen LogP contribution is -2.08. The van der Waals surface area contributed by atoms with Crippen LogP contribution >= 0.6 is 15.9 Å². The molecule has 2 N–H and O–H groups in total. The van der Waals surface area contributed by atoms with E-state index in [0.717, 1.165) is 23.1 Å². The standard InChI is InChI=1S/C13H16BrN3/c1-17-12(6-7-15)9-16-13(17)8-10-2-4-11(14)5-3-10/h2-5,9H,6-8,15H2,1H3. The molecule has 2 aromatic rings. The molecule has 0 saturated heterocycles. The summed E-state index contributed by atoms with van der Waals surface area (Å²) in [5.74, 6) is 1.08. The Morgan fingerprint density at radius 2 is 2.00 bits per heavy atom. The summed E-state index contributed by atoms with van der Waals surface area (Å²) < 4.78 is 3.24. The highest BCUT2D eigenvalue weighted by molar-refractivity contribution is 9.10. The van der Waals surface area contributed by atoms with Crippen molar-refractivity contribution < 1.29 is 0 Å². The molecule has 0 aliphatic carbocycles. The van der Waals surface area contributed by atoms with Crippen LogP contribution < -0.4 is 5.73 Å². The maximum atomic E-state index is 5.56. The van der Waals surface area contributed by atoms with Gasteiger partial charge in [-0.3, -0.25) is 0 Å². The second-order valence-electron chi connectivity index (χ2n) is 4.07. The Morgan fingerprint density at radius 3 is 2.65 bits per heavy atom. The predicted octanol–water partition coefficient (Wildman–Crippen LogP) is 2.27. The van der Waals surface area contributed by atoms with Crippen molar-refractivity contribution in [1.29, 1.82) is 0 Å². The van der Waals surface area contributed by atoms with Crippen LogP contribution in [0.5, 0.6) is 0 Å². The average molecular weight is 294 g/mol. The fraction of sp³-hybridized carbons (Fsp3) is 0.308. The van der Waals surface area contributed by atoms with E-state index in [4.69, 9.17) is 5.73 Å². The summed E-state index contributed by atoms with van der Waals surface area (Å²) >= 11 is 3.44. The highest BCUT2D eigenvalue weighted by Crippen LogP contribution is 2.14. The maximum absolute atomic E-state index is 5.56. The Bertz CT molecular complexity index is 488. The molecule has 4 heteroatoms. The third kappa shape index (κ3) is 2.96. The lowest BCUT2D eigenvalue weighted by molar-refractivity contribution is 0.758. The van der Waals surface area contributed by atoms with Gasteiger partial charge in [-0.25, -0.2) is 4.98 Å². The SMILES string of the molecule is Cn1c(CCN)cnc1Cc1ccc(Br)cc1. The van der Waals surface area contributed by atoms with Gasteiger partial charge in [-0.1, -0.05) is 28.1 Å². The normalized spacial score (nSPS) is 10.8. The lowest BCUT2D eigenvalue weighted by atomic mass is 10.1. The highest BCUT2D eigenvalue weighted by atomic mass is 79.9. The Morgan fingerprint density at radius 1 is 1.29 bits per heavy atom. The number of hydrogen-bond acceptors (Lipinski definition) is 2. The number of imidazole rings is 1. The van der Waals surface area contributed by atoms with E-state index in [1.54, 1.807) is 0 Å². The number of nitrogens with two attached hydrogens (primary N) is 1. The molecule has 0 aliphatic heterocycles. The number of hydrogen-bond donors (Lipinski definition) is 1. The van der Waals surface area contributed by atoms with Gasteiger partial charge in [-0.2, -0.15) is 0 Å². The summed E-state index contributed by atoms with van der Waals surface area (Å²) in [6.07, 6.45) is 3.65. The van der Waals surface area contributed by atoms with Gasteiger partial charge in [0.1, 0.15) is 5.82 Å². The van der Waals surface area contributed by atoms with Crippen molar-refractivity contribution >= 4 is 15.9 Å². The second-order valence-corrected chi connectivity index (χ2v) is 4.98. The van der Waals surface area contributed by atoms with Crippen molar-refractivity contribution in [2.24, 2.45) is 12.8 Å². The molecule has 1 aromatic heterocycles. The molecule has 0 unspecified atom stereocenters. The fourth-order valence-corrected chi connectivity index (χ4v) is 2.08. The van der Waals surface area contributed by atoms with Crippen LogP contribution in [0.15, 0.2) is 34.9 Å². The zero-order chi connectivity index (χ0) is 12.3. The molecule has 0 spiro atoms. The maximum Gasteiger partial charge on any atom is 0.113 e. The first-order valence-corrected chi connectivity index (χ1v) is 6.44. The minimum Gasteiger partial charge on any atom is -0.335 e. The van der Waals surface area contributed by atoms with Crippen LogP contribution in [0.1, 0.15) is 17.1 Å². The van der Waals surface area contributed by atoms with E-state index in [1.165, 1.54) is 11.3 Å². The molecule has 3 nitrogen and oxygen atoms in total. The van der Waals surface area contributed by atoms with E-state index in [-0.39, 0.29) is 0 Å². The first kappa shape index (κ1) is 12.3. The van der Waals surface area contributed by atoms with Gasteiger partial charge in [0.25, 0.3) is 0 Å². The van der Waals surface area contributed by atoms with E-state index < -0.39 is 0 Å². The molecule has 0 atom stereocenters. The molecule has 0 saturated carbocycles. The molecule has 0 fully saturated rings. The number of aromatic nitrogens is 2. The summed E-state index contributed by atoms with van der Waals surface area (Å²) in [6.45, 7) is 0.664. The number of nitrogens with zero attached hydrogens (tertiary/aromatic N) is 2. The molecule has 0 amide bonds. The van der Waals surface area contributed by atoms with Gasteiger partial charge in [0.05, 0.1) is 0 Å². The van der Waals surface area contributed by atoms with Crippen LogP contribution in [0.25, 0.3) is 0 Å². The van der Waals surface area contributed by atoms with Gasteiger partial charge in [0.2, 0.25) is 0 Å². The summed E-state index contributed by atoms with van der Waals surface area (Å²) in [5.41, 5.74) is 8.02. The molecule has 0 aliphatic rings. The van der Waals surface area contributed by atoms with Gasteiger partial charge in [-0.05, 0) is 24.2 Å². The highest BCUT2D eigenvalue weighted by Gasteiger charge is 2.06. The minimum atomic E-state index is 0.664. The van der Waals surface area contributed by atoms with E-state index in [2.05, 4.69) is 49.7 Å². The quantitative estimate of drug-likeness (QED) is 0.940. The molecular weight excluding hydrogens is 278 g/mol. The van der Waals surface area contributed by atoms with Gasteiger partial charge in [0, 0.05) is 36.3 Å². The smallest absolute Gasteiger partial charge is 0.113 e. The molecule has 1 heterocycles. The third-order valence-electron chi connectivity index (χ3n) is 2.86. The van der Waals surface area contributed by atoms with Crippen LogP contribution in [0.2, 0.25) is 0 Å². The van der Waals surface area contributed by atoms with E-state index in [0.29, 0.717) is 6.54 Å². The summed E-state index contributed by atoms with van der Waals surface area (Å²) in [4.78, 5) is 4.45. The first-order chi connectivity index (χ1) is 8.20. The average Bonchev–Trinajstić information content (AvgIpc) is 2.65. The largest absolute Gasteiger partial charge is 0.335 e. The summed E-state index contributed by atoms with van der Waals surface area (Å²) in [6, 6.07) is 8.33. The van der Waals surface area contributed by atoms with Crippen LogP contribution in [-0.2, 0) is 19.9 Å². The first-order valence-electron chi connectivity index (χ1n) is 5.64. The Kier molecular flexibility index (Phi) is 3.97. The molecule has 0 radical (unpaired) electrons. The van der Waals surface area contributed by atoms with E-state index in [1.807, 2.05) is 13.2 Å². The van der Waals surface area contributed by atoms with Crippen LogP contribution in [0.3, 0.4) is 0 Å². The summed E-state index contributed by atoms with van der Waals surface area (Å²) in [7, 11) is 2.05. The summed E-state index contributed by atoms with van der Waals surface area (Å²) in [5, 5.41) is 0. The number of benzene rings is 1. The van der Waals surface area contributed by atoms with Crippen LogP contribution in [0.4, 0.5) is 0 Å². The van der Waals surface area contributed by atoms with Crippen molar-refractivity contribution in [1.82, 2.24) is 9.55 Å². The van der Waals surface area contributed by atoms with E-state index in [9.17, 15) is 0 Å². The Balaban J connectivity index is 2.16. The van der Waals surface area contributed by atoms with Crippen molar-refractivity contribution in [2.45, 2.75) is 12.8 Å². The van der Waals surface area contributed by atoms with Gasteiger partial charge in [-0.15, -0.1) is 0 Å². The Hall–Kier alpha value is -1.13. The predicted molar refractivity (Wildman–Crippen MR) is 72.9 cm³/mol.